The van der Waals surface area contributed by atoms with Gasteiger partial charge in [-0.2, -0.15) is 0 Å². The molecule has 2 heterocycles. The third-order valence-electron chi connectivity index (χ3n) is 5.52. The molecule has 1 aromatic heterocycles. The van der Waals surface area contributed by atoms with Crippen molar-refractivity contribution in [2.24, 2.45) is 0 Å². The Kier molecular flexibility index (Phi) is 4.78. The van der Waals surface area contributed by atoms with E-state index < -0.39 is 0 Å². The molecule has 4 nitrogen and oxygen atoms in total. The largest absolute Gasteiger partial charge is 0.431 e. The molecule has 0 saturated heterocycles. The highest BCUT2D eigenvalue weighted by atomic mass is 35.5. The maximum Gasteiger partial charge on any atom is 0.284 e. The minimum absolute atomic E-state index is 0.364. The smallest absolute Gasteiger partial charge is 0.284 e. The summed E-state index contributed by atoms with van der Waals surface area (Å²) in [5.41, 5.74) is 6.43. The summed E-state index contributed by atoms with van der Waals surface area (Å²) in [7, 11) is 0. The Labute approximate surface area is 196 Å². The topological polar surface area (TPSA) is 44.2 Å². The van der Waals surface area contributed by atoms with Gasteiger partial charge in [-0.05, 0) is 69.8 Å². The van der Waals surface area contributed by atoms with E-state index in [1.807, 2.05) is 54.6 Å². The van der Waals surface area contributed by atoms with Crippen LogP contribution in [0.2, 0.25) is 5.02 Å². The lowest BCUT2D eigenvalue weighted by molar-refractivity contribution is 0.336. The first kappa shape index (κ1) is 19.5. The van der Waals surface area contributed by atoms with E-state index in [-0.39, 0.29) is 0 Å². The zero-order chi connectivity index (χ0) is 22.2. The molecule has 5 aromatic rings. The fourth-order valence-corrected chi connectivity index (χ4v) is 4.18. The van der Waals surface area contributed by atoms with Gasteiger partial charge in [-0.1, -0.05) is 66.2 Å². The van der Waals surface area contributed by atoms with Crippen LogP contribution < -0.4 is 9.47 Å². The summed E-state index contributed by atoms with van der Waals surface area (Å²) in [6.45, 7) is 0. The maximum absolute atomic E-state index is 6.49. The number of hydrogen-bond acceptors (Lipinski definition) is 4. The van der Waals surface area contributed by atoms with E-state index in [0.717, 1.165) is 33.4 Å². The van der Waals surface area contributed by atoms with Gasteiger partial charge < -0.3 is 9.47 Å². The Balaban J connectivity index is 1.37. The molecule has 0 amide bonds. The van der Waals surface area contributed by atoms with Crippen molar-refractivity contribution in [2.75, 3.05) is 0 Å². The molecule has 158 valence electrons. The Morgan fingerprint density at radius 2 is 1.06 bits per heavy atom. The number of rotatable bonds is 3. The Hall–Kier alpha value is -4.15. The molecule has 5 heteroatoms. The second-order valence-corrected chi connectivity index (χ2v) is 8.14. The number of ether oxygens (including phenoxy) is 2. The van der Waals surface area contributed by atoms with Gasteiger partial charge in [0.05, 0.1) is 0 Å². The molecule has 0 unspecified atom stereocenters. The van der Waals surface area contributed by atoms with E-state index in [1.54, 1.807) is 12.4 Å². The van der Waals surface area contributed by atoms with Crippen LogP contribution in [0.1, 0.15) is 0 Å². The van der Waals surface area contributed by atoms with Crippen molar-refractivity contribution >= 4 is 11.6 Å². The first-order chi connectivity index (χ1) is 16.2. The zero-order valence-electron chi connectivity index (χ0n) is 17.4. The molecule has 33 heavy (non-hydrogen) atoms. The highest BCUT2D eigenvalue weighted by molar-refractivity contribution is 6.31. The fourth-order valence-electron chi connectivity index (χ4n) is 3.94. The van der Waals surface area contributed by atoms with Crippen molar-refractivity contribution in [1.29, 1.82) is 0 Å². The van der Waals surface area contributed by atoms with Crippen LogP contribution in [0.25, 0.3) is 33.4 Å². The maximum atomic E-state index is 6.49. The van der Waals surface area contributed by atoms with Crippen LogP contribution >= 0.6 is 11.6 Å². The first-order valence-corrected chi connectivity index (χ1v) is 10.9. The van der Waals surface area contributed by atoms with Crippen LogP contribution in [0.4, 0.5) is 0 Å². The summed E-state index contributed by atoms with van der Waals surface area (Å²) in [6, 6.07) is 30.6. The second-order valence-electron chi connectivity index (χ2n) is 7.71. The second kappa shape index (κ2) is 8.08. The molecule has 6 rings (SSSR count). The number of aromatic nitrogens is 2. The third kappa shape index (κ3) is 3.81. The molecule has 0 radical (unpaired) electrons. The molecule has 1 aliphatic heterocycles. The van der Waals surface area contributed by atoms with Crippen molar-refractivity contribution in [3.05, 3.63) is 108 Å². The lowest BCUT2D eigenvalue weighted by atomic mass is 9.96. The summed E-state index contributed by atoms with van der Waals surface area (Å²) in [4.78, 5) is 8.35. The van der Waals surface area contributed by atoms with Gasteiger partial charge in [0.25, 0.3) is 11.8 Å². The van der Waals surface area contributed by atoms with Gasteiger partial charge in [-0.25, -0.2) is 9.97 Å². The van der Waals surface area contributed by atoms with E-state index in [4.69, 9.17) is 21.1 Å². The van der Waals surface area contributed by atoms with Gasteiger partial charge >= 0.3 is 0 Å². The van der Waals surface area contributed by atoms with Gasteiger partial charge in [0.15, 0.2) is 11.5 Å². The highest BCUT2D eigenvalue weighted by Crippen LogP contribution is 2.44. The normalized spacial score (nSPS) is 11.7. The standard InChI is InChI=1S/C28H17ClN2O2/c29-24-15-22(18-5-2-1-3-6-18)14-23(16-24)20-8-4-7-19(13-20)21-9-10-25-26(17-21)33-28-27(32-25)30-11-12-31-28/h1-17H. The van der Waals surface area contributed by atoms with Crippen LogP contribution in [0.3, 0.4) is 0 Å². The van der Waals surface area contributed by atoms with Crippen LogP contribution in [-0.2, 0) is 0 Å². The number of benzene rings is 4. The van der Waals surface area contributed by atoms with Crippen molar-refractivity contribution in [1.82, 2.24) is 9.97 Å². The average Bonchev–Trinajstić information content (AvgIpc) is 2.87. The van der Waals surface area contributed by atoms with Crippen LogP contribution in [0.15, 0.2) is 103 Å². The van der Waals surface area contributed by atoms with Crippen molar-refractivity contribution in [3.63, 3.8) is 0 Å². The van der Waals surface area contributed by atoms with Gasteiger partial charge in [-0.3, -0.25) is 0 Å². The highest BCUT2D eigenvalue weighted by Gasteiger charge is 2.21. The number of fused-ring (bicyclic) bond motifs is 2. The van der Waals surface area contributed by atoms with Gasteiger partial charge in [-0.15, -0.1) is 0 Å². The quantitative estimate of drug-likeness (QED) is 0.275. The van der Waals surface area contributed by atoms with E-state index in [2.05, 4.69) is 46.4 Å². The molecule has 0 bridgehead atoms. The molecule has 4 aromatic carbocycles. The molecule has 0 spiro atoms. The van der Waals surface area contributed by atoms with Crippen molar-refractivity contribution in [2.45, 2.75) is 0 Å². The van der Waals surface area contributed by atoms with Gasteiger partial charge in [0.1, 0.15) is 0 Å². The molecule has 0 aliphatic carbocycles. The van der Waals surface area contributed by atoms with Gasteiger partial charge in [0.2, 0.25) is 0 Å². The molecule has 1 aliphatic rings. The zero-order valence-corrected chi connectivity index (χ0v) is 18.2. The summed E-state index contributed by atoms with van der Waals surface area (Å²) in [5.74, 6) is 1.96. The van der Waals surface area contributed by atoms with E-state index in [1.165, 1.54) is 0 Å². The number of nitrogens with zero attached hydrogens (tertiary/aromatic N) is 2. The van der Waals surface area contributed by atoms with Crippen molar-refractivity contribution < 1.29 is 9.47 Å². The molecular formula is C28H17ClN2O2. The summed E-state index contributed by atoms with van der Waals surface area (Å²) in [6.07, 6.45) is 3.15. The lowest BCUT2D eigenvalue weighted by Crippen LogP contribution is -2.02. The Morgan fingerprint density at radius 1 is 0.485 bits per heavy atom. The van der Waals surface area contributed by atoms with Gasteiger partial charge in [0, 0.05) is 17.4 Å². The minimum atomic E-state index is 0.364. The van der Waals surface area contributed by atoms with Crippen molar-refractivity contribution in [3.8, 4) is 56.6 Å². The lowest BCUT2D eigenvalue weighted by Gasteiger charge is -2.19. The summed E-state index contributed by atoms with van der Waals surface area (Å²) in [5, 5.41) is 0.705. The summed E-state index contributed by atoms with van der Waals surface area (Å²) < 4.78 is 11.7. The summed E-state index contributed by atoms with van der Waals surface area (Å²) >= 11 is 6.49. The fraction of sp³-hybridized carbons (Fsp3) is 0. The predicted molar refractivity (Wildman–Crippen MR) is 130 cm³/mol. The molecule has 0 fully saturated rings. The van der Waals surface area contributed by atoms with E-state index in [0.29, 0.717) is 28.3 Å². The Bertz CT molecular complexity index is 1490. The SMILES string of the molecule is Clc1cc(-c2ccccc2)cc(-c2cccc(-c3ccc4c(c3)Oc3nccnc3O4)c2)c1. The molecular weight excluding hydrogens is 432 g/mol. The van der Waals surface area contributed by atoms with Crippen LogP contribution in [0.5, 0.6) is 23.3 Å². The Morgan fingerprint density at radius 3 is 1.82 bits per heavy atom. The van der Waals surface area contributed by atoms with Crippen LogP contribution in [0, 0.1) is 0 Å². The monoisotopic (exact) mass is 448 g/mol. The van der Waals surface area contributed by atoms with E-state index >= 15 is 0 Å². The molecule has 0 N–H and O–H groups in total. The predicted octanol–water partition coefficient (Wildman–Crippen LogP) is 8.03. The van der Waals surface area contributed by atoms with E-state index in [9.17, 15) is 0 Å². The minimum Gasteiger partial charge on any atom is -0.431 e. The van der Waals surface area contributed by atoms with Crippen LogP contribution in [-0.4, -0.2) is 9.97 Å². The average molecular weight is 449 g/mol. The molecule has 0 saturated carbocycles. The molecule has 0 atom stereocenters. The first-order valence-electron chi connectivity index (χ1n) is 10.5. The number of halogens is 1. The third-order valence-corrected chi connectivity index (χ3v) is 5.74. The number of hydrogen-bond donors (Lipinski definition) is 0.